The molecule has 2 aromatic carbocycles. The highest BCUT2D eigenvalue weighted by Gasteiger charge is 2.22. The molecule has 2 aliphatic rings. The molecule has 1 N–H and O–H groups in total. The fraction of sp³-hybridized carbons (Fsp3) is 0.333. The molecule has 28 heavy (non-hydrogen) atoms. The van der Waals surface area contributed by atoms with Crippen molar-refractivity contribution in [2.45, 2.75) is 25.9 Å². The van der Waals surface area contributed by atoms with Crippen LogP contribution in [0.3, 0.4) is 0 Å². The Balaban J connectivity index is 1.36. The van der Waals surface area contributed by atoms with Gasteiger partial charge in [-0.1, -0.05) is 0 Å². The Morgan fingerprint density at radius 1 is 1.11 bits per heavy atom. The number of nitrogens with zero attached hydrogens (tertiary/aromatic N) is 1. The zero-order valence-electron chi connectivity index (χ0n) is 15.6. The average molecular weight is 382 g/mol. The minimum atomic E-state index is -0.688. The number of carbonyl (C=O) groups is 2. The highest BCUT2D eigenvalue weighted by molar-refractivity contribution is 5.95. The van der Waals surface area contributed by atoms with Crippen LogP contribution in [-0.4, -0.2) is 37.7 Å². The predicted octanol–water partition coefficient (Wildman–Crippen LogP) is 2.99. The Hall–Kier alpha value is -3.22. The van der Waals surface area contributed by atoms with Crippen LogP contribution in [0.2, 0.25) is 0 Å². The maximum absolute atomic E-state index is 12.4. The van der Waals surface area contributed by atoms with E-state index in [1.54, 1.807) is 42.2 Å². The van der Waals surface area contributed by atoms with Crippen LogP contribution in [0.5, 0.6) is 17.2 Å². The van der Waals surface area contributed by atoms with Crippen LogP contribution in [0.4, 0.5) is 11.4 Å². The van der Waals surface area contributed by atoms with Crippen molar-refractivity contribution in [2.24, 2.45) is 0 Å². The van der Waals surface area contributed by atoms with Gasteiger partial charge in [0.2, 0.25) is 5.91 Å². The normalized spacial score (nSPS) is 16.6. The third-order valence-corrected chi connectivity index (χ3v) is 4.71. The molecule has 0 unspecified atom stereocenters. The highest BCUT2D eigenvalue weighted by atomic mass is 16.6. The first-order valence-corrected chi connectivity index (χ1v) is 9.38. The number of benzene rings is 2. The second-order valence-corrected chi connectivity index (χ2v) is 6.75. The monoisotopic (exact) mass is 382 g/mol. The summed E-state index contributed by atoms with van der Waals surface area (Å²) in [5.41, 5.74) is 1.47. The number of carbonyl (C=O) groups excluding carboxylic acids is 2. The van der Waals surface area contributed by atoms with E-state index >= 15 is 0 Å². The van der Waals surface area contributed by atoms with Crippen LogP contribution in [0.1, 0.15) is 19.8 Å². The quantitative estimate of drug-likeness (QED) is 0.860. The van der Waals surface area contributed by atoms with Gasteiger partial charge < -0.3 is 24.4 Å². The van der Waals surface area contributed by atoms with Crippen molar-refractivity contribution < 1.29 is 23.8 Å². The number of anilines is 2. The molecule has 0 bridgehead atoms. The molecular formula is C21H22N2O5. The van der Waals surface area contributed by atoms with Crippen molar-refractivity contribution in [1.82, 2.24) is 0 Å². The molecule has 146 valence electrons. The fourth-order valence-electron chi connectivity index (χ4n) is 3.25. The minimum absolute atomic E-state index is 0.140. The molecule has 2 aliphatic heterocycles. The van der Waals surface area contributed by atoms with Crippen LogP contribution in [0.25, 0.3) is 0 Å². The molecule has 0 aromatic heterocycles. The van der Waals surface area contributed by atoms with Crippen molar-refractivity contribution in [3.05, 3.63) is 42.5 Å². The minimum Gasteiger partial charge on any atom is -0.486 e. The molecule has 4 rings (SSSR count). The third-order valence-electron chi connectivity index (χ3n) is 4.71. The summed E-state index contributed by atoms with van der Waals surface area (Å²) in [7, 11) is 0. The Morgan fingerprint density at radius 2 is 1.86 bits per heavy atom. The molecule has 0 aliphatic carbocycles. The number of nitrogens with one attached hydrogen (secondary N) is 1. The van der Waals surface area contributed by atoms with E-state index in [1.807, 2.05) is 12.1 Å². The lowest BCUT2D eigenvalue weighted by atomic mass is 10.2. The zero-order chi connectivity index (χ0) is 19.5. The molecule has 7 heteroatoms. The molecule has 0 saturated carbocycles. The summed E-state index contributed by atoms with van der Waals surface area (Å²) < 4.78 is 16.7. The maximum atomic E-state index is 12.4. The van der Waals surface area contributed by atoms with E-state index < -0.39 is 6.10 Å². The van der Waals surface area contributed by atoms with E-state index in [0.29, 0.717) is 42.6 Å². The smallest absolute Gasteiger partial charge is 0.265 e. The van der Waals surface area contributed by atoms with Crippen LogP contribution >= 0.6 is 0 Å². The molecule has 0 radical (unpaired) electrons. The third kappa shape index (κ3) is 3.88. The lowest BCUT2D eigenvalue weighted by Gasteiger charge is -2.20. The second kappa shape index (κ2) is 7.80. The number of ether oxygens (including phenoxy) is 3. The standard InChI is InChI=1S/C21H22N2O5/c1-14(21(25)22-15-4-9-18-19(13-15)27-12-11-26-18)28-17-7-5-16(6-8-17)23-10-2-3-20(23)24/h4-9,13-14H,2-3,10-12H2,1H3,(H,22,25)/t14-/m1/s1. The summed E-state index contributed by atoms with van der Waals surface area (Å²) in [5.74, 6) is 1.73. The van der Waals surface area contributed by atoms with Crippen molar-refractivity contribution >= 4 is 23.2 Å². The van der Waals surface area contributed by atoms with Crippen molar-refractivity contribution in [3.8, 4) is 17.2 Å². The van der Waals surface area contributed by atoms with Crippen LogP contribution in [0, 0.1) is 0 Å². The first kappa shape index (κ1) is 18.2. The Bertz CT molecular complexity index is 881. The lowest BCUT2D eigenvalue weighted by Crippen LogP contribution is -2.30. The topological polar surface area (TPSA) is 77.1 Å². The summed E-state index contributed by atoms with van der Waals surface area (Å²) in [4.78, 5) is 26.0. The number of amides is 2. The van der Waals surface area contributed by atoms with Gasteiger partial charge in [0.1, 0.15) is 19.0 Å². The molecular weight excluding hydrogens is 360 g/mol. The molecule has 1 atom stereocenters. The molecule has 7 nitrogen and oxygen atoms in total. The molecule has 2 amide bonds. The molecule has 2 heterocycles. The zero-order valence-corrected chi connectivity index (χ0v) is 15.6. The van der Waals surface area contributed by atoms with Gasteiger partial charge in [-0.2, -0.15) is 0 Å². The fourth-order valence-corrected chi connectivity index (χ4v) is 3.25. The van der Waals surface area contributed by atoms with Gasteiger partial charge in [0.15, 0.2) is 17.6 Å². The van der Waals surface area contributed by atoms with E-state index in [-0.39, 0.29) is 11.8 Å². The molecule has 2 aromatic rings. The number of hydrogen-bond acceptors (Lipinski definition) is 5. The van der Waals surface area contributed by atoms with Crippen LogP contribution in [-0.2, 0) is 9.59 Å². The van der Waals surface area contributed by atoms with E-state index in [9.17, 15) is 9.59 Å². The summed E-state index contributed by atoms with van der Waals surface area (Å²) in [6.45, 7) is 3.44. The molecule has 0 spiro atoms. The van der Waals surface area contributed by atoms with Crippen LogP contribution in [0.15, 0.2) is 42.5 Å². The summed E-state index contributed by atoms with van der Waals surface area (Å²) >= 11 is 0. The van der Waals surface area contributed by atoms with Crippen molar-refractivity contribution in [3.63, 3.8) is 0 Å². The first-order chi connectivity index (χ1) is 13.6. The largest absolute Gasteiger partial charge is 0.486 e. The van der Waals surface area contributed by atoms with Crippen molar-refractivity contribution in [2.75, 3.05) is 30.0 Å². The average Bonchev–Trinajstić information content (AvgIpc) is 3.14. The number of hydrogen-bond donors (Lipinski definition) is 1. The van der Waals surface area contributed by atoms with Crippen molar-refractivity contribution in [1.29, 1.82) is 0 Å². The maximum Gasteiger partial charge on any atom is 0.265 e. The van der Waals surface area contributed by atoms with E-state index in [1.165, 1.54) is 0 Å². The highest BCUT2D eigenvalue weighted by Crippen LogP contribution is 2.32. The lowest BCUT2D eigenvalue weighted by molar-refractivity contribution is -0.122. The number of fused-ring (bicyclic) bond motifs is 1. The van der Waals surface area contributed by atoms with Gasteiger partial charge in [0, 0.05) is 30.4 Å². The Morgan fingerprint density at radius 3 is 2.57 bits per heavy atom. The first-order valence-electron chi connectivity index (χ1n) is 9.38. The van der Waals surface area contributed by atoms with Crippen LogP contribution < -0.4 is 24.4 Å². The van der Waals surface area contributed by atoms with E-state index in [2.05, 4.69) is 5.32 Å². The molecule has 1 saturated heterocycles. The van der Waals surface area contributed by atoms with Gasteiger partial charge in [-0.15, -0.1) is 0 Å². The van der Waals surface area contributed by atoms with Gasteiger partial charge in [0.05, 0.1) is 0 Å². The molecule has 1 fully saturated rings. The van der Waals surface area contributed by atoms with Gasteiger partial charge in [-0.25, -0.2) is 0 Å². The summed E-state index contributed by atoms with van der Waals surface area (Å²) in [5, 5.41) is 2.82. The number of rotatable bonds is 5. The van der Waals surface area contributed by atoms with E-state index in [0.717, 1.165) is 18.7 Å². The van der Waals surface area contributed by atoms with E-state index in [4.69, 9.17) is 14.2 Å². The summed E-state index contributed by atoms with van der Waals surface area (Å²) in [6, 6.07) is 12.5. The van der Waals surface area contributed by atoms with Gasteiger partial charge in [0.25, 0.3) is 5.91 Å². The Labute approximate surface area is 163 Å². The SMILES string of the molecule is C[C@@H](Oc1ccc(N2CCCC2=O)cc1)C(=O)Nc1ccc2c(c1)OCCO2. The predicted molar refractivity (Wildman–Crippen MR) is 104 cm³/mol. The Kier molecular flexibility index (Phi) is 5.06. The van der Waals surface area contributed by atoms with Gasteiger partial charge in [-0.05, 0) is 49.7 Å². The summed E-state index contributed by atoms with van der Waals surface area (Å²) in [6.07, 6.45) is 0.788. The van der Waals surface area contributed by atoms with Gasteiger partial charge in [-0.3, -0.25) is 9.59 Å². The van der Waals surface area contributed by atoms with Gasteiger partial charge >= 0.3 is 0 Å². The second-order valence-electron chi connectivity index (χ2n) is 6.75.